The fourth-order valence-electron chi connectivity index (χ4n) is 1.78. The molecule has 0 N–H and O–H groups in total. The first-order chi connectivity index (χ1) is 7.83. The van der Waals surface area contributed by atoms with Crippen molar-refractivity contribution in [1.29, 1.82) is 0 Å². The number of fused-ring (bicyclic) bond motifs is 1. The molecule has 1 nitrogen and oxygen atoms in total. The van der Waals surface area contributed by atoms with E-state index < -0.39 is 0 Å². The molecule has 3 aromatic rings. The van der Waals surface area contributed by atoms with Crippen LogP contribution in [0.3, 0.4) is 0 Å². The van der Waals surface area contributed by atoms with E-state index in [1.165, 1.54) is 15.8 Å². The van der Waals surface area contributed by atoms with Gasteiger partial charge in [-0.3, -0.25) is 0 Å². The Balaban J connectivity index is 2.18. The van der Waals surface area contributed by atoms with E-state index in [0.29, 0.717) is 0 Å². The highest BCUT2D eigenvalue weighted by Gasteiger charge is 2.02. The highest BCUT2D eigenvalue weighted by atomic mass is 32.1. The molecule has 77 valence electrons. The summed E-state index contributed by atoms with van der Waals surface area (Å²) in [6.07, 6.45) is 0. The summed E-state index contributed by atoms with van der Waals surface area (Å²) < 4.78 is 1.20. The first kappa shape index (κ1) is 9.55. The van der Waals surface area contributed by atoms with Crippen LogP contribution >= 0.6 is 11.3 Å². The average Bonchev–Trinajstić information content (AvgIpc) is 2.69. The lowest BCUT2D eigenvalue weighted by Crippen LogP contribution is -1.76. The summed E-state index contributed by atoms with van der Waals surface area (Å²) in [7, 11) is 0. The molecule has 0 bridgehead atoms. The minimum absolute atomic E-state index is 0.875. The Kier molecular flexibility index (Phi) is 2.22. The predicted octanol–water partition coefficient (Wildman–Crippen LogP) is 4.15. The number of aromatic nitrogens is 1. The molecule has 3 rings (SSSR count). The lowest BCUT2D eigenvalue weighted by molar-refractivity contribution is 1.43. The van der Waals surface area contributed by atoms with E-state index in [9.17, 15) is 0 Å². The van der Waals surface area contributed by atoms with Gasteiger partial charge in [-0.2, -0.15) is 0 Å². The monoisotopic (exact) mass is 224 g/mol. The predicted molar refractivity (Wildman–Crippen MR) is 69.5 cm³/mol. The molecule has 2 heteroatoms. The van der Waals surface area contributed by atoms with E-state index in [2.05, 4.69) is 54.4 Å². The van der Waals surface area contributed by atoms with Crippen molar-refractivity contribution in [2.45, 2.75) is 0 Å². The van der Waals surface area contributed by atoms with Gasteiger partial charge in [-0.1, -0.05) is 36.4 Å². The van der Waals surface area contributed by atoms with Crippen molar-refractivity contribution in [3.05, 3.63) is 60.5 Å². The van der Waals surface area contributed by atoms with Crippen LogP contribution in [0.1, 0.15) is 5.01 Å². The van der Waals surface area contributed by atoms with E-state index >= 15 is 0 Å². The van der Waals surface area contributed by atoms with Crippen LogP contribution < -0.4 is 0 Å². The second kappa shape index (κ2) is 3.72. The average molecular weight is 224 g/mol. The molecule has 0 saturated carbocycles. The third-order valence-electron chi connectivity index (χ3n) is 2.54. The smallest absolute Gasteiger partial charge is 0.0942 e. The molecule has 0 aliphatic rings. The summed E-state index contributed by atoms with van der Waals surface area (Å²) in [4.78, 5) is 4.36. The maximum Gasteiger partial charge on any atom is 0.0942 e. The lowest BCUT2D eigenvalue weighted by Gasteiger charge is -2.00. The minimum Gasteiger partial charge on any atom is -0.241 e. The number of thiazole rings is 1. The number of nitrogens with zero attached hydrogens (tertiary/aromatic N) is 1. The number of hydrogen-bond acceptors (Lipinski definition) is 2. The first-order valence-electron chi connectivity index (χ1n) is 5.11. The number of benzene rings is 2. The maximum absolute atomic E-state index is 4.36. The topological polar surface area (TPSA) is 12.9 Å². The van der Waals surface area contributed by atoms with Crippen LogP contribution in [-0.2, 0) is 0 Å². The quantitative estimate of drug-likeness (QED) is 0.605. The summed E-state index contributed by atoms with van der Waals surface area (Å²) in [5, 5.41) is 0.875. The Morgan fingerprint density at radius 1 is 0.938 bits per heavy atom. The number of hydrogen-bond donors (Lipinski definition) is 0. The molecule has 0 atom stereocenters. The summed E-state index contributed by atoms with van der Waals surface area (Å²) in [6.45, 7) is 3.87. The van der Waals surface area contributed by atoms with Crippen molar-refractivity contribution < 1.29 is 0 Å². The molecule has 1 heterocycles. The van der Waals surface area contributed by atoms with Crippen molar-refractivity contribution in [1.82, 2.24) is 4.98 Å². The molecular formula is C14H10NS. The third kappa shape index (κ3) is 1.61. The van der Waals surface area contributed by atoms with Gasteiger partial charge in [0.2, 0.25) is 0 Å². The molecule has 0 aliphatic heterocycles. The van der Waals surface area contributed by atoms with Gasteiger partial charge in [0, 0.05) is 6.92 Å². The Morgan fingerprint density at radius 3 is 2.56 bits per heavy atom. The molecule has 0 fully saturated rings. The number of rotatable bonds is 1. The van der Waals surface area contributed by atoms with Gasteiger partial charge in [0.1, 0.15) is 0 Å². The van der Waals surface area contributed by atoms with Gasteiger partial charge in [-0.25, -0.2) is 4.98 Å². The maximum atomic E-state index is 4.36. The summed E-state index contributed by atoms with van der Waals surface area (Å²) in [5.41, 5.74) is 3.51. The molecule has 0 amide bonds. The second-order valence-electron chi connectivity index (χ2n) is 3.66. The van der Waals surface area contributed by atoms with Gasteiger partial charge in [-0.05, 0) is 23.3 Å². The first-order valence-corrected chi connectivity index (χ1v) is 5.92. The third-order valence-corrected chi connectivity index (χ3v) is 3.41. The van der Waals surface area contributed by atoms with Crippen molar-refractivity contribution in [2.75, 3.05) is 0 Å². The molecule has 0 aliphatic carbocycles. The fourth-order valence-corrected chi connectivity index (χ4v) is 2.58. The van der Waals surface area contributed by atoms with Gasteiger partial charge in [0.05, 0.1) is 15.2 Å². The van der Waals surface area contributed by atoms with Gasteiger partial charge >= 0.3 is 0 Å². The Morgan fingerprint density at radius 2 is 1.75 bits per heavy atom. The van der Waals surface area contributed by atoms with Crippen LogP contribution in [0.15, 0.2) is 48.5 Å². The Labute approximate surface area is 98.4 Å². The standard InChI is InChI=1S/C14H10NS/c1-10-15-13-8-7-12(9-14(13)16-10)11-5-3-2-4-6-11/h2-9H,1H2. The van der Waals surface area contributed by atoms with Crippen LogP contribution in [-0.4, -0.2) is 4.98 Å². The zero-order valence-electron chi connectivity index (χ0n) is 8.68. The Hall–Kier alpha value is -1.67. The lowest BCUT2D eigenvalue weighted by atomic mass is 10.1. The molecule has 1 aromatic heterocycles. The van der Waals surface area contributed by atoms with E-state index in [0.717, 1.165) is 10.5 Å². The second-order valence-corrected chi connectivity index (χ2v) is 4.77. The highest BCUT2D eigenvalue weighted by Crippen LogP contribution is 2.27. The van der Waals surface area contributed by atoms with Gasteiger partial charge in [0.15, 0.2) is 0 Å². The molecule has 0 unspecified atom stereocenters. The van der Waals surface area contributed by atoms with E-state index in [4.69, 9.17) is 0 Å². The summed E-state index contributed by atoms with van der Waals surface area (Å²) >= 11 is 1.64. The zero-order valence-corrected chi connectivity index (χ0v) is 9.50. The van der Waals surface area contributed by atoms with Gasteiger partial charge in [-0.15, -0.1) is 11.3 Å². The molecular weight excluding hydrogens is 214 g/mol. The van der Waals surface area contributed by atoms with Gasteiger partial charge in [0.25, 0.3) is 0 Å². The van der Waals surface area contributed by atoms with E-state index in [1.807, 2.05) is 6.07 Å². The SMILES string of the molecule is [CH2]c1nc2ccc(-c3ccccc3)cc2s1. The summed E-state index contributed by atoms with van der Waals surface area (Å²) in [6, 6.07) is 16.7. The molecule has 1 radical (unpaired) electrons. The van der Waals surface area contributed by atoms with E-state index in [1.54, 1.807) is 11.3 Å². The van der Waals surface area contributed by atoms with Crippen LogP contribution in [0, 0.1) is 6.92 Å². The van der Waals surface area contributed by atoms with Crippen molar-refractivity contribution in [2.24, 2.45) is 0 Å². The van der Waals surface area contributed by atoms with Crippen LogP contribution in [0.25, 0.3) is 21.3 Å². The normalized spacial score (nSPS) is 10.8. The molecule has 0 saturated heterocycles. The molecule has 0 spiro atoms. The molecule has 16 heavy (non-hydrogen) atoms. The van der Waals surface area contributed by atoms with Crippen molar-refractivity contribution in [3.63, 3.8) is 0 Å². The van der Waals surface area contributed by atoms with E-state index in [-0.39, 0.29) is 0 Å². The Bertz CT molecular complexity index is 626. The fraction of sp³-hybridized carbons (Fsp3) is 0. The van der Waals surface area contributed by atoms with Crippen LogP contribution in [0.2, 0.25) is 0 Å². The van der Waals surface area contributed by atoms with Gasteiger partial charge < -0.3 is 0 Å². The largest absolute Gasteiger partial charge is 0.241 e. The zero-order chi connectivity index (χ0) is 11.0. The minimum atomic E-state index is 0.875. The van der Waals surface area contributed by atoms with Crippen molar-refractivity contribution in [3.8, 4) is 11.1 Å². The highest BCUT2D eigenvalue weighted by molar-refractivity contribution is 7.18. The van der Waals surface area contributed by atoms with Crippen LogP contribution in [0.5, 0.6) is 0 Å². The molecule has 2 aromatic carbocycles. The summed E-state index contributed by atoms with van der Waals surface area (Å²) in [5.74, 6) is 0. The van der Waals surface area contributed by atoms with Crippen molar-refractivity contribution >= 4 is 21.6 Å². The van der Waals surface area contributed by atoms with Crippen LogP contribution in [0.4, 0.5) is 0 Å².